The van der Waals surface area contributed by atoms with E-state index in [1.165, 1.54) is 38.8 Å². The molecule has 0 spiro atoms. The molecule has 0 aromatic rings. The molecule has 100 valence electrons. The third kappa shape index (κ3) is 3.94. The van der Waals surface area contributed by atoms with Gasteiger partial charge in [0.05, 0.1) is 12.2 Å². The normalized spacial score (nSPS) is 36.0. The molecule has 0 bridgehead atoms. The van der Waals surface area contributed by atoms with E-state index in [2.05, 4.69) is 24.1 Å². The lowest BCUT2D eigenvalue weighted by Crippen LogP contribution is -2.46. The molecule has 17 heavy (non-hydrogen) atoms. The van der Waals surface area contributed by atoms with E-state index in [-0.39, 0.29) is 0 Å². The minimum atomic E-state index is 0.487. The van der Waals surface area contributed by atoms with Crippen molar-refractivity contribution in [2.45, 2.75) is 51.7 Å². The van der Waals surface area contributed by atoms with E-state index in [0.29, 0.717) is 18.1 Å². The summed E-state index contributed by atoms with van der Waals surface area (Å²) in [6.07, 6.45) is 5.99. The number of likely N-dealkylation sites (tertiary alicyclic amines) is 1. The van der Waals surface area contributed by atoms with Crippen molar-refractivity contribution >= 4 is 0 Å². The number of nitrogens with one attached hydrogen (secondary N) is 1. The number of ether oxygens (including phenoxy) is 1. The van der Waals surface area contributed by atoms with Gasteiger partial charge < -0.3 is 15.0 Å². The Kier molecular flexibility index (Phi) is 5.26. The van der Waals surface area contributed by atoms with Gasteiger partial charge in [-0.25, -0.2) is 0 Å². The molecule has 2 saturated heterocycles. The van der Waals surface area contributed by atoms with Crippen LogP contribution in [0.25, 0.3) is 0 Å². The Labute approximate surface area is 106 Å². The zero-order valence-electron chi connectivity index (χ0n) is 11.5. The summed E-state index contributed by atoms with van der Waals surface area (Å²) in [6.45, 7) is 10.5. The number of piperidine rings is 2. The fourth-order valence-corrected chi connectivity index (χ4v) is 3.08. The van der Waals surface area contributed by atoms with E-state index in [1.54, 1.807) is 0 Å². The van der Waals surface area contributed by atoms with Crippen molar-refractivity contribution in [1.29, 1.82) is 0 Å². The number of hydrogen-bond donors (Lipinski definition) is 1. The molecule has 0 saturated carbocycles. The highest BCUT2D eigenvalue weighted by atomic mass is 16.5. The molecular formula is C14H28N2O. The first-order chi connectivity index (χ1) is 8.29. The maximum atomic E-state index is 6.34. The minimum absolute atomic E-state index is 0.487. The topological polar surface area (TPSA) is 24.5 Å². The van der Waals surface area contributed by atoms with Gasteiger partial charge in [-0.1, -0.05) is 13.8 Å². The molecule has 2 rings (SSSR count). The molecule has 2 unspecified atom stereocenters. The van der Waals surface area contributed by atoms with Gasteiger partial charge in [-0.15, -0.1) is 0 Å². The minimum Gasteiger partial charge on any atom is -0.373 e. The summed E-state index contributed by atoms with van der Waals surface area (Å²) in [5, 5.41) is 3.44. The van der Waals surface area contributed by atoms with Gasteiger partial charge in [0.15, 0.2) is 0 Å². The molecule has 3 nitrogen and oxygen atoms in total. The van der Waals surface area contributed by atoms with Crippen LogP contribution in [0, 0.1) is 5.92 Å². The highest BCUT2D eigenvalue weighted by Gasteiger charge is 2.27. The van der Waals surface area contributed by atoms with Crippen molar-refractivity contribution in [2.24, 2.45) is 5.92 Å². The summed E-state index contributed by atoms with van der Waals surface area (Å²) in [5.41, 5.74) is 0. The SMILES string of the molecule is CCCN1CCC[C@@H](OC2CCNCC2C)C1. The van der Waals surface area contributed by atoms with E-state index in [0.717, 1.165) is 19.6 Å². The van der Waals surface area contributed by atoms with Crippen molar-refractivity contribution in [3.8, 4) is 0 Å². The Hall–Kier alpha value is -0.120. The summed E-state index contributed by atoms with van der Waals surface area (Å²) in [6, 6.07) is 0. The largest absolute Gasteiger partial charge is 0.373 e. The van der Waals surface area contributed by atoms with Crippen molar-refractivity contribution in [3.05, 3.63) is 0 Å². The van der Waals surface area contributed by atoms with E-state index >= 15 is 0 Å². The Bertz CT molecular complexity index is 220. The van der Waals surface area contributed by atoms with Gasteiger partial charge >= 0.3 is 0 Å². The van der Waals surface area contributed by atoms with Crippen LogP contribution in [0.2, 0.25) is 0 Å². The van der Waals surface area contributed by atoms with Crippen molar-refractivity contribution < 1.29 is 4.74 Å². The van der Waals surface area contributed by atoms with E-state index in [9.17, 15) is 0 Å². The Morgan fingerprint density at radius 1 is 1.35 bits per heavy atom. The van der Waals surface area contributed by atoms with Crippen LogP contribution in [0.15, 0.2) is 0 Å². The van der Waals surface area contributed by atoms with Crippen LogP contribution >= 0.6 is 0 Å². The van der Waals surface area contributed by atoms with Gasteiger partial charge in [-0.3, -0.25) is 0 Å². The summed E-state index contributed by atoms with van der Waals surface area (Å²) in [7, 11) is 0. The third-order valence-electron chi connectivity index (χ3n) is 4.08. The van der Waals surface area contributed by atoms with Crippen LogP contribution in [0.5, 0.6) is 0 Å². The lowest BCUT2D eigenvalue weighted by molar-refractivity contribution is -0.0770. The van der Waals surface area contributed by atoms with Crippen LogP contribution in [-0.2, 0) is 4.74 Å². The highest BCUT2D eigenvalue weighted by molar-refractivity contribution is 4.79. The molecular weight excluding hydrogens is 212 g/mol. The molecule has 1 N–H and O–H groups in total. The van der Waals surface area contributed by atoms with Crippen molar-refractivity contribution in [1.82, 2.24) is 10.2 Å². The van der Waals surface area contributed by atoms with Gasteiger partial charge in [0.25, 0.3) is 0 Å². The van der Waals surface area contributed by atoms with Gasteiger partial charge in [0, 0.05) is 13.1 Å². The van der Waals surface area contributed by atoms with E-state index in [4.69, 9.17) is 4.74 Å². The van der Waals surface area contributed by atoms with Gasteiger partial charge in [0.2, 0.25) is 0 Å². The van der Waals surface area contributed by atoms with Crippen LogP contribution in [0.4, 0.5) is 0 Å². The second-order valence-electron chi connectivity index (χ2n) is 5.71. The predicted molar refractivity (Wildman–Crippen MR) is 71.3 cm³/mol. The fraction of sp³-hybridized carbons (Fsp3) is 1.00. The van der Waals surface area contributed by atoms with Crippen molar-refractivity contribution in [2.75, 3.05) is 32.7 Å². The molecule has 2 aliphatic heterocycles. The summed E-state index contributed by atoms with van der Waals surface area (Å²) >= 11 is 0. The Balaban J connectivity index is 1.77. The number of nitrogens with zero attached hydrogens (tertiary/aromatic N) is 1. The summed E-state index contributed by atoms with van der Waals surface area (Å²) < 4.78 is 6.34. The average Bonchev–Trinajstić information content (AvgIpc) is 2.33. The monoisotopic (exact) mass is 240 g/mol. The average molecular weight is 240 g/mol. The molecule has 3 atom stereocenters. The predicted octanol–water partition coefficient (Wildman–Crippen LogP) is 1.88. The highest BCUT2D eigenvalue weighted by Crippen LogP contribution is 2.21. The first-order valence-electron chi connectivity index (χ1n) is 7.38. The van der Waals surface area contributed by atoms with Gasteiger partial charge in [0.1, 0.15) is 0 Å². The maximum Gasteiger partial charge on any atom is 0.0706 e. The Morgan fingerprint density at radius 2 is 2.24 bits per heavy atom. The molecule has 0 aliphatic carbocycles. The quantitative estimate of drug-likeness (QED) is 0.812. The van der Waals surface area contributed by atoms with Gasteiger partial charge in [-0.2, -0.15) is 0 Å². The smallest absolute Gasteiger partial charge is 0.0706 e. The molecule has 0 radical (unpaired) electrons. The first kappa shape index (κ1) is 13.3. The van der Waals surface area contributed by atoms with Crippen LogP contribution in [-0.4, -0.2) is 49.8 Å². The first-order valence-corrected chi connectivity index (χ1v) is 7.38. The lowest BCUT2D eigenvalue weighted by Gasteiger charge is -2.37. The number of hydrogen-bond acceptors (Lipinski definition) is 3. The molecule has 0 aromatic carbocycles. The zero-order valence-corrected chi connectivity index (χ0v) is 11.5. The maximum absolute atomic E-state index is 6.34. The second kappa shape index (κ2) is 6.72. The van der Waals surface area contributed by atoms with Crippen LogP contribution in [0.3, 0.4) is 0 Å². The molecule has 2 aliphatic rings. The lowest BCUT2D eigenvalue weighted by atomic mass is 9.97. The molecule has 3 heteroatoms. The third-order valence-corrected chi connectivity index (χ3v) is 4.08. The fourth-order valence-electron chi connectivity index (χ4n) is 3.08. The standard InChI is InChI=1S/C14H28N2O/c1-3-8-16-9-4-5-13(11-16)17-14-6-7-15-10-12(14)2/h12-15H,3-11H2,1-2H3/t12?,13-,14?/m1/s1. The van der Waals surface area contributed by atoms with Gasteiger partial charge in [-0.05, 0) is 51.2 Å². The molecule has 2 fully saturated rings. The van der Waals surface area contributed by atoms with E-state index < -0.39 is 0 Å². The van der Waals surface area contributed by atoms with Crippen molar-refractivity contribution in [3.63, 3.8) is 0 Å². The molecule has 0 aromatic heterocycles. The Morgan fingerprint density at radius 3 is 3.00 bits per heavy atom. The number of rotatable bonds is 4. The van der Waals surface area contributed by atoms with Crippen LogP contribution < -0.4 is 5.32 Å². The molecule has 0 amide bonds. The van der Waals surface area contributed by atoms with Crippen LogP contribution in [0.1, 0.15) is 39.5 Å². The summed E-state index contributed by atoms with van der Waals surface area (Å²) in [4.78, 5) is 2.57. The van der Waals surface area contributed by atoms with E-state index in [1.807, 2.05) is 0 Å². The summed E-state index contributed by atoms with van der Waals surface area (Å²) in [5.74, 6) is 0.672. The zero-order chi connectivity index (χ0) is 12.1. The second-order valence-corrected chi connectivity index (χ2v) is 5.71. The molecule has 2 heterocycles.